The molecule has 11 heavy (non-hydrogen) atoms. The number of hydrogen-bond acceptors (Lipinski definition) is 2. The molecule has 3 heteroatoms. The van der Waals surface area contributed by atoms with Gasteiger partial charge in [-0.15, -0.1) is 0 Å². The van der Waals surface area contributed by atoms with Gasteiger partial charge in [-0.25, -0.2) is 0 Å². The molecule has 0 aliphatic heterocycles. The molecule has 0 atom stereocenters. The Morgan fingerprint density at radius 2 is 2.09 bits per heavy atom. The van der Waals surface area contributed by atoms with Gasteiger partial charge in [0.15, 0.2) is 0 Å². The number of aliphatic carboxylic acids is 1. The summed E-state index contributed by atoms with van der Waals surface area (Å²) in [5.41, 5.74) is 0. The molecule has 0 aromatic carbocycles. The number of unbranched alkanes of at least 4 members (excludes halogenated alkanes) is 3. The maximum atomic E-state index is 9.83. The zero-order chi connectivity index (χ0) is 7.82. The summed E-state index contributed by atoms with van der Waals surface area (Å²) in [7, 11) is 0. The standard InChI is InChI=1S/C8H14O2.Li/c1-2-3-4-5-6-7-8(9)10;/h6-7H,2-5H2,1H3,(H,9,10);/q;+1/p-1. The van der Waals surface area contributed by atoms with Gasteiger partial charge in [0.25, 0.3) is 0 Å². The number of carbonyl (C=O) groups is 1. The average molecular weight is 148 g/mol. The second-order valence-electron chi connectivity index (χ2n) is 2.22. The molecule has 0 aliphatic rings. The Morgan fingerprint density at radius 1 is 1.45 bits per heavy atom. The van der Waals surface area contributed by atoms with Crippen LogP contribution in [0.2, 0.25) is 0 Å². The minimum atomic E-state index is -1.10. The second kappa shape index (κ2) is 9.81. The van der Waals surface area contributed by atoms with Crippen LogP contribution in [0.15, 0.2) is 12.2 Å². The van der Waals surface area contributed by atoms with E-state index in [4.69, 9.17) is 0 Å². The van der Waals surface area contributed by atoms with Crippen LogP contribution < -0.4 is 24.0 Å². The summed E-state index contributed by atoms with van der Waals surface area (Å²) >= 11 is 0. The normalized spacial score (nSPS) is 9.55. The van der Waals surface area contributed by atoms with Crippen LogP contribution in [-0.2, 0) is 4.79 Å². The van der Waals surface area contributed by atoms with Crippen molar-refractivity contribution >= 4 is 5.97 Å². The Labute approximate surface area is 79.9 Å². The molecule has 0 spiro atoms. The van der Waals surface area contributed by atoms with E-state index < -0.39 is 5.97 Å². The fourth-order valence-electron chi connectivity index (χ4n) is 0.692. The molecule has 0 aliphatic carbocycles. The number of rotatable bonds is 5. The predicted molar refractivity (Wildman–Crippen MR) is 38.3 cm³/mol. The van der Waals surface area contributed by atoms with Crippen molar-refractivity contribution < 1.29 is 28.8 Å². The van der Waals surface area contributed by atoms with E-state index in [-0.39, 0.29) is 18.9 Å². The summed E-state index contributed by atoms with van der Waals surface area (Å²) in [5, 5.41) is 9.83. The molecule has 58 valence electrons. The topological polar surface area (TPSA) is 40.1 Å². The van der Waals surface area contributed by atoms with Crippen LogP contribution in [0.25, 0.3) is 0 Å². The molecule has 0 aromatic heterocycles. The van der Waals surface area contributed by atoms with Crippen molar-refractivity contribution in [2.24, 2.45) is 0 Å². The quantitative estimate of drug-likeness (QED) is 0.254. The number of hydrogen-bond donors (Lipinski definition) is 0. The van der Waals surface area contributed by atoms with Gasteiger partial charge in [-0.2, -0.15) is 0 Å². The maximum absolute atomic E-state index is 9.83. The molecule has 0 heterocycles. The van der Waals surface area contributed by atoms with E-state index in [1.807, 2.05) is 0 Å². The van der Waals surface area contributed by atoms with Gasteiger partial charge in [-0.3, -0.25) is 0 Å². The summed E-state index contributed by atoms with van der Waals surface area (Å²) in [4.78, 5) is 9.83. The van der Waals surface area contributed by atoms with Crippen LogP contribution in [0.1, 0.15) is 32.6 Å². The Kier molecular flexibility index (Phi) is 11.9. The minimum Gasteiger partial charge on any atom is -0.545 e. The molecule has 2 nitrogen and oxygen atoms in total. The first kappa shape index (κ1) is 13.4. The number of carboxylic acids is 1. The van der Waals surface area contributed by atoms with Crippen LogP contribution in [0.5, 0.6) is 0 Å². The molecule has 0 N–H and O–H groups in total. The van der Waals surface area contributed by atoms with E-state index in [1.54, 1.807) is 6.08 Å². The maximum Gasteiger partial charge on any atom is 1.00 e. The summed E-state index contributed by atoms with van der Waals surface area (Å²) in [6, 6.07) is 0. The fraction of sp³-hybridized carbons (Fsp3) is 0.625. The average Bonchev–Trinajstić information content (AvgIpc) is 1.87. The molecule has 0 saturated heterocycles. The fourth-order valence-corrected chi connectivity index (χ4v) is 0.692. The van der Waals surface area contributed by atoms with Crippen molar-refractivity contribution in [3.63, 3.8) is 0 Å². The van der Waals surface area contributed by atoms with E-state index in [1.165, 1.54) is 6.42 Å². The van der Waals surface area contributed by atoms with Gasteiger partial charge in [0.2, 0.25) is 0 Å². The number of carboxylic acid groups (broad SMARTS) is 1. The van der Waals surface area contributed by atoms with Crippen LogP contribution >= 0.6 is 0 Å². The molecular weight excluding hydrogens is 135 g/mol. The molecule has 0 rings (SSSR count). The molecule has 0 aromatic rings. The Balaban J connectivity index is 0. The van der Waals surface area contributed by atoms with Gasteiger partial charge in [0.05, 0.1) is 5.97 Å². The zero-order valence-corrected chi connectivity index (χ0v) is 7.30. The summed E-state index contributed by atoms with van der Waals surface area (Å²) < 4.78 is 0. The zero-order valence-electron chi connectivity index (χ0n) is 7.30. The van der Waals surface area contributed by atoms with Gasteiger partial charge in [-0.1, -0.05) is 25.8 Å². The first-order valence-corrected chi connectivity index (χ1v) is 3.65. The molecule has 0 bridgehead atoms. The Bertz CT molecular complexity index is 121. The van der Waals surface area contributed by atoms with Crippen molar-refractivity contribution in [2.45, 2.75) is 32.6 Å². The van der Waals surface area contributed by atoms with E-state index >= 15 is 0 Å². The summed E-state index contributed by atoms with van der Waals surface area (Å²) in [5.74, 6) is -1.10. The van der Waals surface area contributed by atoms with E-state index in [9.17, 15) is 9.90 Å². The Hall–Kier alpha value is -0.193. The van der Waals surface area contributed by atoms with Gasteiger partial charge in [0, 0.05) is 0 Å². The summed E-state index contributed by atoms with van der Waals surface area (Å²) in [6.45, 7) is 2.11. The van der Waals surface area contributed by atoms with Crippen LogP contribution in [-0.4, -0.2) is 5.97 Å². The third kappa shape index (κ3) is 12.9. The van der Waals surface area contributed by atoms with Gasteiger partial charge in [0.1, 0.15) is 0 Å². The van der Waals surface area contributed by atoms with Crippen LogP contribution in [0.3, 0.4) is 0 Å². The van der Waals surface area contributed by atoms with E-state index in [2.05, 4.69) is 6.92 Å². The molecule has 0 amide bonds. The molecule has 0 unspecified atom stereocenters. The molecule has 0 radical (unpaired) electrons. The van der Waals surface area contributed by atoms with Gasteiger partial charge >= 0.3 is 18.9 Å². The first-order chi connectivity index (χ1) is 4.77. The minimum absolute atomic E-state index is 0. The smallest absolute Gasteiger partial charge is 0.545 e. The van der Waals surface area contributed by atoms with Crippen LogP contribution in [0.4, 0.5) is 0 Å². The number of allylic oxidation sites excluding steroid dienone is 1. The van der Waals surface area contributed by atoms with Crippen molar-refractivity contribution in [2.75, 3.05) is 0 Å². The predicted octanol–water partition coefficient (Wildman–Crippen LogP) is -2.12. The first-order valence-electron chi connectivity index (χ1n) is 3.65. The number of carbonyl (C=O) groups excluding carboxylic acids is 1. The molecular formula is C8H13LiO2. The van der Waals surface area contributed by atoms with Gasteiger partial charge < -0.3 is 9.90 Å². The van der Waals surface area contributed by atoms with E-state index in [0.717, 1.165) is 25.3 Å². The second-order valence-corrected chi connectivity index (χ2v) is 2.22. The monoisotopic (exact) mass is 148 g/mol. The third-order valence-electron chi connectivity index (χ3n) is 1.23. The van der Waals surface area contributed by atoms with Crippen molar-refractivity contribution in [3.8, 4) is 0 Å². The van der Waals surface area contributed by atoms with Crippen molar-refractivity contribution in [1.29, 1.82) is 0 Å². The largest absolute Gasteiger partial charge is 1.00 e. The SMILES string of the molecule is CCCCCC=CC(=O)[O-].[Li+]. The summed E-state index contributed by atoms with van der Waals surface area (Å²) in [6.07, 6.45) is 6.99. The van der Waals surface area contributed by atoms with Crippen LogP contribution in [0, 0.1) is 0 Å². The van der Waals surface area contributed by atoms with E-state index in [0.29, 0.717) is 0 Å². The third-order valence-corrected chi connectivity index (χ3v) is 1.23. The Morgan fingerprint density at radius 3 is 2.55 bits per heavy atom. The molecule has 0 saturated carbocycles. The van der Waals surface area contributed by atoms with Crippen molar-refractivity contribution in [3.05, 3.63) is 12.2 Å². The van der Waals surface area contributed by atoms with Crippen molar-refractivity contribution in [1.82, 2.24) is 0 Å². The molecule has 0 fully saturated rings. The van der Waals surface area contributed by atoms with Gasteiger partial charge in [-0.05, 0) is 18.9 Å².